The van der Waals surface area contributed by atoms with Crippen molar-refractivity contribution < 1.29 is 8.42 Å². The van der Waals surface area contributed by atoms with Crippen LogP contribution in [0.15, 0.2) is 53.4 Å². The number of hydrogen-bond acceptors (Lipinski definition) is 4. The van der Waals surface area contributed by atoms with Crippen molar-refractivity contribution >= 4 is 27.3 Å². The second kappa shape index (κ2) is 10.2. The van der Waals surface area contributed by atoms with E-state index in [4.69, 9.17) is 0 Å². The molecule has 2 aromatic rings. The zero-order valence-electron chi connectivity index (χ0n) is 19.2. The monoisotopic (exact) mass is 428 g/mol. The zero-order valence-corrected chi connectivity index (χ0v) is 20.0. The van der Waals surface area contributed by atoms with E-state index in [0.717, 1.165) is 37.2 Å². The quantitative estimate of drug-likeness (QED) is 0.523. The highest BCUT2D eigenvalue weighted by atomic mass is 32.2. The summed E-state index contributed by atoms with van der Waals surface area (Å²) in [7, 11) is -1.37. The number of rotatable bonds is 10. The van der Waals surface area contributed by atoms with E-state index < -0.39 is 9.84 Å². The number of allylic oxidation sites excluding steroid dienone is 1. The molecule has 0 fully saturated rings. The molecule has 1 N–H and O–H groups in total. The third kappa shape index (κ3) is 5.66. The fourth-order valence-electron chi connectivity index (χ4n) is 3.76. The van der Waals surface area contributed by atoms with Crippen LogP contribution < -0.4 is 10.2 Å². The van der Waals surface area contributed by atoms with Crippen LogP contribution in [0.3, 0.4) is 0 Å². The highest BCUT2D eigenvalue weighted by Crippen LogP contribution is 2.38. The summed E-state index contributed by atoms with van der Waals surface area (Å²) in [6.07, 6.45) is 7.33. The van der Waals surface area contributed by atoms with Gasteiger partial charge in [-0.3, -0.25) is 0 Å². The number of hydrogen-bond donors (Lipinski definition) is 1. The first-order valence-corrected chi connectivity index (χ1v) is 12.6. The van der Waals surface area contributed by atoms with Crippen LogP contribution >= 0.6 is 0 Å². The molecule has 0 heterocycles. The maximum absolute atomic E-state index is 12.1. The molecule has 5 heteroatoms. The molecular weight excluding hydrogens is 392 g/mol. The summed E-state index contributed by atoms with van der Waals surface area (Å²) in [6, 6.07) is 14.0. The SMILES string of the molecule is CCN(CC)c1ccc(/C=C/C[C@@](C)(CC)c2cc(S(C)(=O)=O)ccc2NC)cc1. The van der Waals surface area contributed by atoms with Crippen LogP contribution in [0.25, 0.3) is 6.08 Å². The van der Waals surface area contributed by atoms with Crippen LogP contribution in [0.4, 0.5) is 11.4 Å². The summed E-state index contributed by atoms with van der Waals surface area (Å²) in [5, 5.41) is 3.23. The Kier molecular flexibility index (Phi) is 8.13. The normalized spacial score (nSPS) is 13.9. The Hall–Kier alpha value is -2.27. The maximum atomic E-state index is 12.1. The van der Waals surface area contributed by atoms with Gasteiger partial charge in [0.2, 0.25) is 0 Å². The largest absolute Gasteiger partial charge is 0.388 e. The van der Waals surface area contributed by atoms with E-state index in [9.17, 15) is 8.42 Å². The van der Waals surface area contributed by atoms with Crippen molar-refractivity contribution in [2.24, 2.45) is 0 Å². The average molecular weight is 429 g/mol. The summed E-state index contributed by atoms with van der Waals surface area (Å²) >= 11 is 0. The van der Waals surface area contributed by atoms with Gasteiger partial charge in [-0.1, -0.05) is 38.1 Å². The fraction of sp³-hybridized carbons (Fsp3) is 0.440. The van der Waals surface area contributed by atoms with Gasteiger partial charge in [0, 0.05) is 37.8 Å². The molecule has 0 unspecified atom stereocenters. The molecule has 0 amide bonds. The van der Waals surface area contributed by atoms with Crippen molar-refractivity contribution in [1.29, 1.82) is 0 Å². The summed E-state index contributed by atoms with van der Waals surface area (Å²) in [4.78, 5) is 2.70. The standard InChI is InChI=1S/C25H36N2O2S/c1-7-25(4,23-19-22(30(6,28)29)16-17-24(23)26-5)18-10-11-20-12-14-21(15-13-20)27(8-2)9-3/h10-17,19,26H,7-9,18H2,1-6H3/b11-10+/t25-/m1/s1. The third-order valence-corrected chi connectivity index (χ3v) is 7.13. The first kappa shape index (κ1) is 24.0. The lowest BCUT2D eigenvalue weighted by molar-refractivity contribution is 0.462. The number of sulfone groups is 1. The Morgan fingerprint density at radius 3 is 2.17 bits per heavy atom. The van der Waals surface area contributed by atoms with Crippen LogP contribution in [0.2, 0.25) is 0 Å². The molecule has 0 bridgehead atoms. The van der Waals surface area contributed by atoms with Gasteiger partial charge in [-0.05, 0) is 73.6 Å². The molecule has 164 valence electrons. The Labute approximate surface area is 182 Å². The Morgan fingerprint density at radius 2 is 1.67 bits per heavy atom. The predicted octanol–water partition coefficient (Wildman–Crippen LogP) is 5.75. The minimum Gasteiger partial charge on any atom is -0.388 e. The van der Waals surface area contributed by atoms with Gasteiger partial charge in [0.1, 0.15) is 0 Å². The van der Waals surface area contributed by atoms with Crippen LogP contribution in [-0.4, -0.2) is 34.8 Å². The molecule has 0 saturated heterocycles. The van der Waals surface area contributed by atoms with Gasteiger partial charge >= 0.3 is 0 Å². The minimum absolute atomic E-state index is 0.170. The number of anilines is 2. The van der Waals surface area contributed by atoms with E-state index in [1.54, 1.807) is 6.07 Å². The molecule has 0 aliphatic heterocycles. The molecule has 1 atom stereocenters. The summed E-state index contributed by atoms with van der Waals surface area (Å²) < 4.78 is 24.2. The highest BCUT2D eigenvalue weighted by molar-refractivity contribution is 7.90. The molecule has 0 aromatic heterocycles. The van der Waals surface area contributed by atoms with Crippen LogP contribution in [0.5, 0.6) is 0 Å². The molecule has 2 rings (SSSR count). The average Bonchev–Trinajstić information content (AvgIpc) is 2.74. The second-order valence-electron chi connectivity index (χ2n) is 8.01. The zero-order chi connectivity index (χ0) is 22.4. The topological polar surface area (TPSA) is 49.4 Å². The van der Waals surface area contributed by atoms with Gasteiger partial charge in [-0.15, -0.1) is 0 Å². The minimum atomic E-state index is -3.25. The van der Waals surface area contributed by atoms with Gasteiger partial charge in [-0.25, -0.2) is 8.42 Å². The molecule has 0 radical (unpaired) electrons. The highest BCUT2D eigenvalue weighted by Gasteiger charge is 2.27. The third-order valence-electron chi connectivity index (χ3n) is 6.02. The second-order valence-corrected chi connectivity index (χ2v) is 10.0. The van der Waals surface area contributed by atoms with Crippen LogP contribution in [0, 0.1) is 0 Å². The van der Waals surface area contributed by atoms with Gasteiger partial charge in [0.05, 0.1) is 4.90 Å². The first-order valence-electron chi connectivity index (χ1n) is 10.7. The molecule has 0 aliphatic rings. The molecular formula is C25H36N2O2S. The van der Waals surface area contributed by atoms with Gasteiger partial charge in [-0.2, -0.15) is 0 Å². The molecule has 0 spiro atoms. The first-order chi connectivity index (χ1) is 14.2. The lowest BCUT2D eigenvalue weighted by Crippen LogP contribution is -2.22. The predicted molar refractivity (Wildman–Crippen MR) is 130 cm³/mol. The molecule has 4 nitrogen and oxygen atoms in total. The molecule has 2 aromatic carbocycles. The fourth-order valence-corrected chi connectivity index (χ4v) is 4.40. The van der Waals surface area contributed by atoms with Gasteiger partial charge in [0.25, 0.3) is 0 Å². The number of benzene rings is 2. The lowest BCUT2D eigenvalue weighted by atomic mass is 9.76. The van der Waals surface area contributed by atoms with E-state index in [0.29, 0.717) is 4.90 Å². The van der Waals surface area contributed by atoms with Crippen molar-refractivity contribution in [3.8, 4) is 0 Å². The van der Waals surface area contributed by atoms with Crippen molar-refractivity contribution in [3.05, 3.63) is 59.7 Å². The van der Waals surface area contributed by atoms with Gasteiger partial charge < -0.3 is 10.2 Å². The Balaban J connectivity index is 2.27. The smallest absolute Gasteiger partial charge is 0.175 e. The van der Waals surface area contributed by atoms with E-state index in [1.807, 2.05) is 19.2 Å². The molecule has 0 saturated carbocycles. The van der Waals surface area contributed by atoms with E-state index in [1.165, 1.54) is 17.5 Å². The maximum Gasteiger partial charge on any atom is 0.175 e. The number of nitrogens with one attached hydrogen (secondary N) is 1. The molecule has 0 aliphatic carbocycles. The number of nitrogens with zero attached hydrogens (tertiary/aromatic N) is 1. The van der Waals surface area contributed by atoms with Crippen LogP contribution in [0.1, 0.15) is 51.7 Å². The summed E-state index contributed by atoms with van der Waals surface area (Å²) in [5.41, 5.74) is 4.26. The van der Waals surface area contributed by atoms with Crippen molar-refractivity contribution in [3.63, 3.8) is 0 Å². The van der Waals surface area contributed by atoms with Crippen molar-refractivity contribution in [2.45, 2.75) is 50.8 Å². The van der Waals surface area contributed by atoms with E-state index in [-0.39, 0.29) is 5.41 Å². The summed E-state index contributed by atoms with van der Waals surface area (Å²) in [5.74, 6) is 0. The van der Waals surface area contributed by atoms with Crippen LogP contribution in [-0.2, 0) is 15.3 Å². The lowest BCUT2D eigenvalue weighted by Gasteiger charge is -2.30. The van der Waals surface area contributed by atoms with Gasteiger partial charge in [0.15, 0.2) is 9.84 Å². The molecule has 30 heavy (non-hydrogen) atoms. The van der Waals surface area contributed by atoms with Crippen molar-refractivity contribution in [2.75, 3.05) is 36.6 Å². The van der Waals surface area contributed by atoms with Crippen molar-refractivity contribution in [1.82, 2.24) is 0 Å². The van der Waals surface area contributed by atoms with E-state index >= 15 is 0 Å². The van der Waals surface area contributed by atoms with E-state index in [2.05, 4.69) is 74.3 Å². The summed E-state index contributed by atoms with van der Waals surface area (Å²) in [6.45, 7) is 10.7. The Bertz CT molecular complexity index is 961. The Morgan fingerprint density at radius 1 is 1.03 bits per heavy atom.